The van der Waals surface area contributed by atoms with E-state index in [1.165, 1.54) is 22.5 Å². The molecule has 1 aromatic rings. The monoisotopic (exact) mass is 340 g/mol. The number of nitrogens with one attached hydrogen (secondary N) is 1. The first-order valence-corrected chi connectivity index (χ1v) is 8.54. The van der Waals surface area contributed by atoms with Crippen LogP contribution < -0.4 is 5.32 Å². The Bertz CT molecular complexity index is 779. The number of aryl methyl sites for hydroxylation is 1. The van der Waals surface area contributed by atoms with E-state index in [-0.39, 0.29) is 36.6 Å². The number of hydrogen-bond donors (Lipinski definition) is 1. The Labute approximate surface area is 133 Å². The summed E-state index contributed by atoms with van der Waals surface area (Å²) in [6.45, 7) is 2.57. The van der Waals surface area contributed by atoms with E-state index in [4.69, 9.17) is 0 Å². The highest BCUT2D eigenvalue weighted by atomic mass is 32.2. The molecular formula is C13H16N4O5S. The van der Waals surface area contributed by atoms with Gasteiger partial charge in [0.15, 0.2) is 4.90 Å². The first kappa shape index (κ1) is 15.7. The maximum absolute atomic E-state index is 12.8. The van der Waals surface area contributed by atoms with Gasteiger partial charge in [-0.15, -0.1) is 0 Å². The third-order valence-electron chi connectivity index (χ3n) is 4.12. The number of sulfonamides is 1. The number of carbonyl (C=O) groups excluding carboxylic acids is 1. The topological polar surface area (TPSA) is 113 Å². The molecule has 2 aliphatic heterocycles. The van der Waals surface area contributed by atoms with Gasteiger partial charge in [0.05, 0.1) is 11.0 Å². The third kappa shape index (κ3) is 2.63. The van der Waals surface area contributed by atoms with E-state index in [1.807, 2.05) is 0 Å². The molecule has 9 nitrogen and oxygen atoms in total. The molecule has 2 aliphatic rings. The lowest BCUT2D eigenvalue weighted by Crippen LogP contribution is -2.53. The Hall–Kier alpha value is -2.20. The second kappa shape index (κ2) is 5.46. The van der Waals surface area contributed by atoms with Gasteiger partial charge in [0, 0.05) is 32.2 Å². The van der Waals surface area contributed by atoms with Crippen molar-refractivity contribution in [3.8, 4) is 0 Å². The van der Waals surface area contributed by atoms with E-state index in [9.17, 15) is 23.3 Å². The molecule has 0 saturated carbocycles. The van der Waals surface area contributed by atoms with Crippen molar-refractivity contribution in [3.05, 3.63) is 33.9 Å². The molecule has 2 fully saturated rings. The van der Waals surface area contributed by atoms with Crippen LogP contribution in [0, 0.1) is 17.0 Å². The van der Waals surface area contributed by atoms with Gasteiger partial charge < -0.3 is 10.2 Å². The van der Waals surface area contributed by atoms with Crippen molar-refractivity contribution in [2.75, 3.05) is 26.2 Å². The minimum atomic E-state index is -3.98. The lowest BCUT2D eigenvalue weighted by molar-refractivity contribution is -0.387. The molecule has 0 radical (unpaired) electrons. The Kier molecular flexibility index (Phi) is 3.72. The van der Waals surface area contributed by atoms with Crippen LogP contribution in [0.15, 0.2) is 23.1 Å². The van der Waals surface area contributed by atoms with E-state index < -0.39 is 20.6 Å². The van der Waals surface area contributed by atoms with E-state index in [0.717, 1.165) is 0 Å². The number of nitro benzene ring substituents is 1. The van der Waals surface area contributed by atoms with Crippen molar-refractivity contribution in [1.29, 1.82) is 0 Å². The fraction of sp³-hybridized carbons (Fsp3) is 0.462. The number of nitrogens with zero attached hydrogens (tertiary/aromatic N) is 3. The highest BCUT2D eigenvalue weighted by molar-refractivity contribution is 7.89. The fourth-order valence-electron chi connectivity index (χ4n) is 2.92. The SMILES string of the molecule is Cc1ccc(S(=O)(=O)N2CCN3C(=O)NC[C@@H]3C2)c([N+](=O)[O-])c1. The molecule has 0 aromatic heterocycles. The molecule has 2 saturated heterocycles. The Morgan fingerprint density at radius 3 is 2.78 bits per heavy atom. The van der Waals surface area contributed by atoms with Gasteiger partial charge >= 0.3 is 6.03 Å². The summed E-state index contributed by atoms with van der Waals surface area (Å²) in [5.41, 5.74) is 0.194. The molecular weight excluding hydrogens is 324 g/mol. The Morgan fingerprint density at radius 1 is 1.35 bits per heavy atom. The zero-order valence-electron chi connectivity index (χ0n) is 12.4. The molecule has 1 atom stereocenters. The summed E-state index contributed by atoms with van der Waals surface area (Å²) in [7, 11) is -3.98. The van der Waals surface area contributed by atoms with Crippen LogP contribution in [0.3, 0.4) is 0 Å². The van der Waals surface area contributed by atoms with Crippen LogP contribution >= 0.6 is 0 Å². The molecule has 0 aliphatic carbocycles. The summed E-state index contributed by atoms with van der Waals surface area (Å²) in [5, 5.41) is 13.9. The van der Waals surface area contributed by atoms with Crippen LogP contribution in [0.5, 0.6) is 0 Å². The zero-order chi connectivity index (χ0) is 16.8. The number of piperazine rings is 1. The van der Waals surface area contributed by atoms with E-state index >= 15 is 0 Å². The molecule has 1 aromatic carbocycles. The minimum Gasteiger partial charge on any atom is -0.336 e. The van der Waals surface area contributed by atoms with Gasteiger partial charge in [0.2, 0.25) is 10.0 Å². The fourth-order valence-corrected chi connectivity index (χ4v) is 4.53. The summed E-state index contributed by atoms with van der Waals surface area (Å²) in [6.07, 6.45) is 0. The normalized spacial score (nSPS) is 21.9. The molecule has 2 heterocycles. The average molecular weight is 340 g/mol. The summed E-state index contributed by atoms with van der Waals surface area (Å²) in [5.74, 6) is 0. The molecule has 23 heavy (non-hydrogen) atoms. The summed E-state index contributed by atoms with van der Waals surface area (Å²) >= 11 is 0. The second-order valence-electron chi connectivity index (χ2n) is 5.62. The molecule has 124 valence electrons. The second-order valence-corrected chi connectivity index (χ2v) is 7.53. The first-order valence-electron chi connectivity index (χ1n) is 7.10. The van der Waals surface area contributed by atoms with Crippen LogP contribution in [0.2, 0.25) is 0 Å². The molecule has 0 unspecified atom stereocenters. The smallest absolute Gasteiger partial charge is 0.317 e. The van der Waals surface area contributed by atoms with Gasteiger partial charge in [0.1, 0.15) is 0 Å². The summed E-state index contributed by atoms with van der Waals surface area (Å²) in [4.78, 5) is 23.4. The number of urea groups is 1. The van der Waals surface area contributed by atoms with E-state index in [1.54, 1.807) is 11.8 Å². The molecule has 10 heteroatoms. The predicted molar refractivity (Wildman–Crippen MR) is 80.5 cm³/mol. The van der Waals surface area contributed by atoms with Crippen LogP contribution in [0.1, 0.15) is 5.56 Å². The van der Waals surface area contributed by atoms with Crippen LogP contribution in [0.4, 0.5) is 10.5 Å². The first-order chi connectivity index (χ1) is 10.8. The number of amides is 2. The maximum Gasteiger partial charge on any atom is 0.317 e. The van der Waals surface area contributed by atoms with Crippen molar-refractivity contribution < 1.29 is 18.1 Å². The van der Waals surface area contributed by atoms with Gasteiger partial charge in [-0.25, -0.2) is 13.2 Å². The average Bonchev–Trinajstić information content (AvgIpc) is 2.88. The molecule has 0 bridgehead atoms. The third-order valence-corrected chi connectivity index (χ3v) is 6.04. The number of rotatable bonds is 3. The quantitative estimate of drug-likeness (QED) is 0.628. The largest absolute Gasteiger partial charge is 0.336 e. The van der Waals surface area contributed by atoms with Crippen LogP contribution in [-0.2, 0) is 10.0 Å². The van der Waals surface area contributed by atoms with Gasteiger partial charge in [-0.1, -0.05) is 6.07 Å². The van der Waals surface area contributed by atoms with Gasteiger partial charge in [0.25, 0.3) is 5.69 Å². The van der Waals surface area contributed by atoms with E-state index in [2.05, 4.69) is 5.32 Å². The molecule has 2 amide bonds. The van der Waals surface area contributed by atoms with Crippen LogP contribution in [0.25, 0.3) is 0 Å². The maximum atomic E-state index is 12.8. The lowest BCUT2D eigenvalue weighted by atomic mass is 10.2. The van der Waals surface area contributed by atoms with Crippen LogP contribution in [-0.4, -0.2) is 60.8 Å². The zero-order valence-corrected chi connectivity index (χ0v) is 13.2. The number of hydrogen-bond acceptors (Lipinski definition) is 5. The number of benzene rings is 1. The highest BCUT2D eigenvalue weighted by Crippen LogP contribution is 2.29. The summed E-state index contributed by atoms with van der Waals surface area (Å²) in [6, 6.07) is 3.62. The van der Waals surface area contributed by atoms with E-state index in [0.29, 0.717) is 12.1 Å². The van der Waals surface area contributed by atoms with Crippen molar-refractivity contribution in [1.82, 2.24) is 14.5 Å². The summed E-state index contributed by atoms with van der Waals surface area (Å²) < 4.78 is 26.8. The van der Waals surface area contributed by atoms with Gasteiger partial charge in [-0.2, -0.15) is 4.31 Å². The predicted octanol–water partition coefficient (Wildman–Crippen LogP) is 0.301. The Balaban J connectivity index is 1.94. The van der Waals surface area contributed by atoms with Gasteiger partial charge in [-0.3, -0.25) is 10.1 Å². The van der Waals surface area contributed by atoms with Crippen molar-refractivity contribution in [3.63, 3.8) is 0 Å². The minimum absolute atomic E-state index is 0.122. The van der Waals surface area contributed by atoms with Gasteiger partial charge in [-0.05, 0) is 18.6 Å². The molecule has 0 spiro atoms. The van der Waals surface area contributed by atoms with Crippen molar-refractivity contribution in [2.24, 2.45) is 0 Å². The van der Waals surface area contributed by atoms with Crippen molar-refractivity contribution in [2.45, 2.75) is 17.9 Å². The molecule has 3 rings (SSSR count). The number of carbonyl (C=O) groups is 1. The standard InChI is InChI=1S/C13H16N4O5S/c1-9-2-3-12(11(6-9)17(19)20)23(21,22)15-4-5-16-10(8-15)7-14-13(16)18/h2-3,6,10H,4-5,7-8H2,1H3,(H,14,18)/t10-/m1/s1. The Morgan fingerprint density at radius 2 is 2.09 bits per heavy atom. The lowest BCUT2D eigenvalue weighted by Gasteiger charge is -2.35. The number of fused-ring (bicyclic) bond motifs is 1. The van der Waals surface area contributed by atoms with Crippen molar-refractivity contribution >= 4 is 21.7 Å². The highest BCUT2D eigenvalue weighted by Gasteiger charge is 2.41. The number of nitro groups is 1. The molecule has 1 N–H and O–H groups in total.